The van der Waals surface area contributed by atoms with Crippen LogP contribution in [0.25, 0.3) is 0 Å². The van der Waals surface area contributed by atoms with Crippen molar-refractivity contribution in [1.82, 2.24) is 10.4 Å². The average molecular weight is 267 g/mol. The lowest BCUT2D eigenvalue weighted by Crippen LogP contribution is -2.29. The minimum absolute atomic E-state index is 0.279. The lowest BCUT2D eigenvalue weighted by molar-refractivity contribution is 0.616. The highest BCUT2D eigenvalue weighted by molar-refractivity contribution is 6.31. The molecule has 1 aromatic heterocycles. The molecule has 0 spiro atoms. The zero-order valence-corrected chi connectivity index (χ0v) is 10.2. The summed E-state index contributed by atoms with van der Waals surface area (Å²) in [6.45, 7) is 0. The summed E-state index contributed by atoms with van der Waals surface area (Å²) in [6.07, 6.45) is 1.58. The first kappa shape index (κ1) is 12.8. The summed E-state index contributed by atoms with van der Waals surface area (Å²) in [5.74, 6) is 5.47. The largest absolute Gasteiger partial charge is 0.383 e. The number of nitrogens with two attached hydrogens (primary N) is 2. The van der Waals surface area contributed by atoms with Crippen molar-refractivity contribution in [3.8, 4) is 0 Å². The quantitative estimate of drug-likeness (QED) is 0.587. The molecule has 0 amide bonds. The van der Waals surface area contributed by atoms with Crippen molar-refractivity contribution < 1.29 is 4.39 Å². The van der Waals surface area contributed by atoms with Crippen LogP contribution in [0.5, 0.6) is 0 Å². The van der Waals surface area contributed by atoms with E-state index in [0.29, 0.717) is 16.9 Å². The normalized spacial score (nSPS) is 12.4. The number of hydrazine groups is 1. The summed E-state index contributed by atoms with van der Waals surface area (Å²) in [4.78, 5) is 3.99. The summed E-state index contributed by atoms with van der Waals surface area (Å²) in [5.41, 5.74) is 9.73. The number of halogens is 2. The molecule has 0 aliphatic carbocycles. The van der Waals surface area contributed by atoms with Crippen molar-refractivity contribution in [3.63, 3.8) is 0 Å². The van der Waals surface area contributed by atoms with Crippen molar-refractivity contribution in [1.29, 1.82) is 0 Å². The minimum atomic E-state index is -0.438. The van der Waals surface area contributed by atoms with E-state index in [1.165, 1.54) is 12.1 Å². The third-order valence-electron chi connectivity index (χ3n) is 2.62. The molecule has 94 valence electrons. The third kappa shape index (κ3) is 2.43. The molecule has 0 saturated heterocycles. The van der Waals surface area contributed by atoms with Crippen LogP contribution in [0.1, 0.15) is 17.2 Å². The summed E-state index contributed by atoms with van der Waals surface area (Å²) in [7, 11) is 0. The fourth-order valence-electron chi connectivity index (χ4n) is 1.76. The molecular weight excluding hydrogens is 255 g/mol. The predicted octanol–water partition coefficient (Wildman–Crippen LogP) is 2.01. The van der Waals surface area contributed by atoms with Crippen LogP contribution in [0.15, 0.2) is 36.5 Å². The Hall–Kier alpha value is -1.69. The highest BCUT2D eigenvalue weighted by Crippen LogP contribution is 2.30. The molecule has 0 saturated carbocycles. The maximum atomic E-state index is 13.0. The molecule has 0 aliphatic heterocycles. The second-order valence-electron chi connectivity index (χ2n) is 3.74. The lowest BCUT2D eigenvalue weighted by atomic mass is 10.00. The van der Waals surface area contributed by atoms with Crippen LogP contribution in [0, 0.1) is 5.82 Å². The van der Waals surface area contributed by atoms with E-state index in [0.717, 1.165) is 0 Å². The average Bonchev–Trinajstić information content (AvgIpc) is 2.34. The van der Waals surface area contributed by atoms with Crippen molar-refractivity contribution in [2.45, 2.75) is 6.04 Å². The maximum absolute atomic E-state index is 13.0. The summed E-state index contributed by atoms with van der Waals surface area (Å²) >= 11 is 6.01. The minimum Gasteiger partial charge on any atom is -0.383 e. The Kier molecular flexibility index (Phi) is 3.76. The van der Waals surface area contributed by atoms with Crippen LogP contribution < -0.4 is 17.0 Å². The molecule has 0 bridgehead atoms. The number of hydrogen-bond donors (Lipinski definition) is 3. The molecule has 2 rings (SSSR count). The fourth-order valence-corrected chi connectivity index (χ4v) is 2.03. The van der Waals surface area contributed by atoms with E-state index in [2.05, 4.69) is 10.4 Å². The van der Waals surface area contributed by atoms with Gasteiger partial charge in [-0.25, -0.2) is 14.8 Å². The number of nitrogens with one attached hydrogen (secondary N) is 1. The molecule has 1 aromatic carbocycles. The SMILES string of the molecule is NNC(c1ccc(F)cc1Cl)c1cccnc1N. The van der Waals surface area contributed by atoms with Crippen molar-refractivity contribution in [2.75, 3.05) is 5.73 Å². The van der Waals surface area contributed by atoms with E-state index in [-0.39, 0.29) is 5.02 Å². The van der Waals surface area contributed by atoms with Crippen LogP contribution in [0.2, 0.25) is 5.02 Å². The number of nitrogens with zero attached hydrogens (tertiary/aromatic N) is 1. The van der Waals surface area contributed by atoms with Gasteiger partial charge in [0.2, 0.25) is 0 Å². The van der Waals surface area contributed by atoms with Gasteiger partial charge in [-0.2, -0.15) is 0 Å². The van der Waals surface area contributed by atoms with Gasteiger partial charge in [0, 0.05) is 16.8 Å². The molecule has 4 nitrogen and oxygen atoms in total. The summed E-state index contributed by atoms with van der Waals surface area (Å²) in [6, 6.07) is 7.20. The van der Waals surface area contributed by atoms with Gasteiger partial charge >= 0.3 is 0 Å². The second kappa shape index (κ2) is 5.30. The predicted molar refractivity (Wildman–Crippen MR) is 69.2 cm³/mol. The topological polar surface area (TPSA) is 77.0 Å². The van der Waals surface area contributed by atoms with E-state index in [1.54, 1.807) is 24.4 Å². The molecule has 18 heavy (non-hydrogen) atoms. The third-order valence-corrected chi connectivity index (χ3v) is 2.95. The number of aromatic nitrogens is 1. The molecule has 1 unspecified atom stereocenters. The van der Waals surface area contributed by atoms with Gasteiger partial charge < -0.3 is 5.73 Å². The molecule has 1 atom stereocenters. The van der Waals surface area contributed by atoms with Gasteiger partial charge in [-0.05, 0) is 23.8 Å². The first-order valence-corrected chi connectivity index (χ1v) is 5.62. The van der Waals surface area contributed by atoms with Crippen molar-refractivity contribution in [3.05, 3.63) is 58.5 Å². The molecular formula is C12H12ClFN4. The van der Waals surface area contributed by atoms with Crippen LogP contribution in [-0.2, 0) is 0 Å². The van der Waals surface area contributed by atoms with Crippen molar-refractivity contribution >= 4 is 17.4 Å². The van der Waals surface area contributed by atoms with Gasteiger partial charge in [-0.1, -0.05) is 23.7 Å². The first-order valence-electron chi connectivity index (χ1n) is 5.25. The molecule has 0 aliphatic rings. The Bertz CT molecular complexity index is 562. The highest BCUT2D eigenvalue weighted by atomic mass is 35.5. The van der Waals surface area contributed by atoms with E-state index >= 15 is 0 Å². The first-order chi connectivity index (χ1) is 8.63. The van der Waals surface area contributed by atoms with Crippen molar-refractivity contribution in [2.24, 2.45) is 5.84 Å². The Balaban J connectivity index is 2.49. The lowest BCUT2D eigenvalue weighted by Gasteiger charge is -2.19. The summed E-state index contributed by atoms with van der Waals surface area (Å²) < 4.78 is 13.0. The van der Waals surface area contributed by atoms with Gasteiger partial charge in [0.1, 0.15) is 11.6 Å². The number of rotatable bonds is 3. The second-order valence-corrected chi connectivity index (χ2v) is 4.15. The van der Waals surface area contributed by atoms with E-state index in [4.69, 9.17) is 23.2 Å². The fraction of sp³-hybridized carbons (Fsp3) is 0.0833. The van der Waals surface area contributed by atoms with E-state index in [9.17, 15) is 4.39 Å². The van der Waals surface area contributed by atoms with E-state index in [1.807, 2.05) is 0 Å². The van der Waals surface area contributed by atoms with Gasteiger partial charge in [0.05, 0.1) is 6.04 Å². The number of anilines is 1. The number of nitrogen functional groups attached to an aromatic ring is 1. The van der Waals surface area contributed by atoms with Crippen LogP contribution in [-0.4, -0.2) is 4.98 Å². The molecule has 2 aromatic rings. The maximum Gasteiger partial charge on any atom is 0.128 e. The highest BCUT2D eigenvalue weighted by Gasteiger charge is 2.18. The van der Waals surface area contributed by atoms with Gasteiger partial charge in [-0.15, -0.1) is 0 Å². The number of pyridine rings is 1. The van der Waals surface area contributed by atoms with Crippen LogP contribution in [0.3, 0.4) is 0 Å². The van der Waals surface area contributed by atoms with Gasteiger partial charge in [-0.3, -0.25) is 5.84 Å². The molecule has 5 N–H and O–H groups in total. The smallest absolute Gasteiger partial charge is 0.128 e. The number of benzene rings is 1. The Morgan fingerprint density at radius 2 is 2.06 bits per heavy atom. The van der Waals surface area contributed by atoms with Crippen LogP contribution >= 0.6 is 11.6 Å². The number of hydrogen-bond acceptors (Lipinski definition) is 4. The Morgan fingerprint density at radius 1 is 1.28 bits per heavy atom. The Morgan fingerprint density at radius 3 is 2.67 bits per heavy atom. The molecule has 0 fully saturated rings. The van der Waals surface area contributed by atoms with E-state index < -0.39 is 11.9 Å². The molecule has 1 heterocycles. The van der Waals surface area contributed by atoms with Gasteiger partial charge in [0.15, 0.2) is 0 Å². The summed E-state index contributed by atoms with van der Waals surface area (Å²) in [5, 5.41) is 0.279. The zero-order valence-electron chi connectivity index (χ0n) is 9.40. The molecule has 6 heteroatoms. The van der Waals surface area contributed by atoms with Gasteiger partial charge in [0.25, 0.3) is 0 Å². The molecule has 0 radical (unpaired) electrons. The standard InChI is InChI=1S/C12H12ClFN4/c13-10-6-7(14)3-4-8(10)11(18-16)9-2-1-5-17-12(9)15/h1-6,11,18H,16H2,(H2,15,17). The van der Waals surface area contributed by atoms with Crippen LogP contribution in [0.4, 0.5) is 10.2 Å². The Labute approximate surface area is 109 Å². The zero-order chi connectivity index (χ0) is 13.1. The monoisotopic (exact) mass is 266 g/mol.